The Labute approximate surface area is 131 Å². The number of hydrogen-bond acceptors (Lipinski definition) is 4. The highest BCUT2D eigenvalue weighted by molar-refractivity contribution is 6.05. The van der Waals surface area contributed by atoms with Gasteiger partial charge in [-0.2, -0.15) is 0 Å². The van der Waals surface area contributed by atoms with Crippen LogP contribution in [0.15, 0.2) is 28.8 Å². The van der Waals surface area contributed by atoms with E-state index < -0.39 is 0 Å². The maximum atomic E-state index is 12.3. The van der Waals surface area contributed by atoms with Crippen LogP contribution in [0.25, 0.3) is 0 Å². The van der Waals surface area contributed by atoms with E-state index in [-0.39, 0.29) is 5.91 Å². The predicted octanol–water partition coefficient (Wildman–Crippen LogP) is 3.39. The number of hydrogen-bond donors (Lipinski definition) is 1. The fraction of sp³-hybridized carbons (Fsp3) is 0.412. The van der Waals surface area contributed by atoms with Crippen molar-refractivity contribution in [1.82, 2.24) is 10.1 Å². The van der Waals surface area contributed by atoms with Gasteiger partial charge in [-0.1, -0.05) is 31.1 Å². The fourth-order valence-corrected chi connectivity index (χ4v) is 2.45. The van der Waals surface area contributed by atoms with Crippen molar-refractivity contribution >= 4 is 11.6 Å². The van der Waals surface area contributed by atoms with E-state index in [2.05, 4.69) is 35.3 Å². The number of benzene rings is 1. The second-order valence-electron chi connectivity index (χ2n) is 5.32. The SMILES string of the molecule is CCN(CC)Cc1cccc(NC(=O)c2c(C)noc2C)c1. The lowest BCUT2D eigenvalue weighted by Gasteiger charge is -2.18. The average molecular weight is 301 g/mol. The Morgan fingerprint density at radius 2 is 2.00 bits per heavy atom. The highest BCUT2D eigenvalue weighted by Crippen LogP contribution is 2.17. The van der Waals surface area contributed by atoms with E-state index in [1.165, 1.54) is 5.56 Å². The van der Waals surface area contributed by atoms with Crippen LogP contribution in [0.2, 0.25) is 0 Å². The molecule has 0 saturated carbocycles. The van der Waals surface area contributed by atoms with E-state index in [0.29, 0.717) is 17.0 Å². The van der Waals surface area contributed by atoms with Crippen molar-refractivity contribution in [1.29, 1.82) is 0 Å². The maximum Gasteiger partial charge on any atom is 0.261 e. The lowest BCUT2D eigenvalue weighted by Crippen LogP contribution is -2.22. The van der Waals surface area contributed by atoms with Gasteiger partial charge in [-0.25, -0.2) is 0 Å². The summed E-state index contributed by atoms with van der Waals surface area (Å²) in [7, 11) is 0. The van der Waals surface area contributed by atoms with E-state index in [1.807, 2.05) is 18.2 Å². The summed E-state index contributed by atoms with van der Waals surface area (Å²) in [6.07, 6.45) is 0. The number of nitrogens with one attached hydrogen (secondary N) is 1. The van der Waals surface area contributed by atoms with Gasteiger partial charge in [-0.3, -0.25) is 9.69 Å². The zero-order chi connectivity index (χ0) is 16.1. The zero-order valence-electron chi connectivity index (χ0n) is 13.6. The molecule has 0 atom stereocenters. The second kappa shape index (κ2) is 7.22. The molecule has 5 nitrogen and oxygen atoms in total. The highest BCUT2D eigenvalue weighted by atomic mass is 16.5. The molecule has 0 aliphatic carbocycles. The minimum absolute atomic E-state index is 0.184. The van der Waals surface area contributed by atoms with Gasteiger partial charge in [0.1, 0.15) is 11.3 Å². The molecule has 0 aliphatic rings. The second-order valence-corrected chi connectivity index (χ2v) is 5.32. The van der Waals surface area contributed by atoms with Crippen molar-refractivity contribution in [2.45, 2.75) is 34.2 Å². The summed E-state index contributed by atoms with van der Waals surface area (Å²) in [5.41, 5.74) is 3.08. The number of aryl methyl sites for hydroxylation is 2. The Bertz CT molecular complexity index is 626. The van der Waals surface area contributed by atoms with E-state index in [1.54, 1.807) is 13.8 Å². The van der Waals surface area contributed by atoms with E-state index in [0.717, 1.165) is 25.3 Å². The van der Waals surface area contributed by atoms with Gasteiger partial charge >= 0.3 is 0 Å². The van der Waals surface area contributed by atoms with Gasteiger partial charge in [0.2, 0.25) is 0 Å². The number of anilines is 1. The van der Waals surface area contributed by atoms with Crippen LogP contribution in [-0.2, 0) is 6.54 Å². The molecule has 2 rings (SSSR count). The summed E-state index contributed by atoms with van der Waals surface area (Å²) >= 11 is 0. The van der Waals surface area contributed by atoms with E-state index in [9.17, 15) is 4.79 Å². The molecule has 1 N–H and O–H groups in total. The van der Waals surface area contributed by atoms with E-state index >= 15 is 0 Å². The summed E-state index contributed by atoms with van der Waals surface area (Å²) in [4.78, 5) is 14.7. The van der Waals surface area contributed by atoms with Crippen molar-refractivity contribution < 1.29 is 9.32 Å². The third kappa shape index (κ3) is 3.74. The third-order valence-electron chi connectivity index (χ3n) is 3.75. The number of amides is 1. The largest absolute Gasteiger partial charge is 0.361 e. The summed E-state index contributed by atoms with van der Waals surface area (Å²) in [5.74, 6) is 0.352. The van der Waals surface area contributed by atoms with Crippen molar-refractivity contribution in [3.63, 3.8) is 0 Å². The normalized spacial score (nSPS) is 11.0. The van der Waals surface area contributed by atoms with Crippen molar-refractivity contribution in [2.75, 3.05) is 18.4 Å². The molecule has 0 fully saturated rings. The van der Waals surface area contributed by atoms with Crippen LogP contribution in [0, 0.1) is 13.8 Å². The van der Waals surface area contributed by atoms with Crippen molar-refractivity contribution in [3.8, 4) is 0 Å². The van der Waals surface area contributed by atoms with Crippen LogP contribution in [-0.4, -0.2) is 29.1 Å². The molecule has 1 heterocycles. The number of rotatable bonds is 6. The number of carbonyl (C=O) groups is 1. The Morgan fingerprint density at radius 1 is 1.27 bits per heavy atom. The van der Waals surface area contributed by atoms with Gasteiger partial charge in [-0.15, -0.1) is 0 Å². The summed E-state index contributed by atoms with van der Waals surface area (Å²) in [6, 6.07) is 7.93. The first-order valence-electron chi connectivity index (χ1n) is 7.60. The Morgan fingerprint density at radius 3 is 2.59 bits per heavy atom. The summed E-state index contributed by atoms with van der Waals surface area (Å²) in [6.45, 7) is 10.7. The molecule has 0 aliphatic heterocycles. The molecule has 0 bridgehead atoms. The first kappa shape index (κ1) is 16.2. The molecule has 1 amide bonds. The smallest absolute Gasteiger partial charge is 0.261 e. The highest BCUT2D eigenvalue weighted by Gasteiger charge is 2.17. The zero-order valence-corrected chi connectivity index (χ0v) is 13.6. The topological polar surface area (TPSA) is 58.4 Å². The fourth-order valence-electron chi connectivity index (χ4n) is 2.45. The number of carbonyl (C=O) groups excluding carboxylic acids is 1. The first-order valence-corrected chi connectivity index (χ1v) is 7.60. The molecule has 1 aromatic heterocycles. The Hall–Kier alpha value is -2.14. The molecule has 5 heteroatoms. The third-order valence-corrected chi connectivity index (χ3v) is 3.75. The van der Waals surface area contributed by atoms with Gasteiger partial charge in [0.05, 0.1) is 5.69 Å². The van der Waals surface area contributed by atoms with Gasteiger partial charge in [-0.05, 0) is 44.6 Å². The van der Waals surface area contributed by atoms with Crippen LogP contribution in [0.3, 0.4) is 0 Å². The molecule has 22 heavy (non-hydrogen) atoms. The Balaban J connectivity index is 2.12. The molecule has 0 radical (unpaired) electrons. The van der Waals surface area contributed by atoms with Crippen LogP contribution >= 0.6 is 0 Å². The van der Waals surface area contributed by atoms with Gasteiger partial charge in [0.15, 0.2) is 0 Å². The van der Waals surface area contributed by atoms with Gasteiger partial charge in [0, 0.05) is 12.2 Å². The molecular formula is C17H23N3O2. The monoisotopic (exact) mass is 301 g/mol. The lowest BCUT2D eigenvalue weighted by atomic mass is 10.1. The summed E-state index contributed by atoms with van der Waals surface area (Å²) in [5, 5.41) is 6.73. The predicted molar refractivity (Wildman–Crippen MR) is 87.0 cm³/mol. The molecule has 0 spiro atoms. The minimum Gasteiger partial charge on any atom is -0.361 e. The number of nitrogens with zero attached hydrogens (tertiary/aromatic N) is 2. The van der Waals surface area contributed by atoms with Gasteiger partial charge < -0.3 is 9.84 Å². The number of aromatic nitrogens is 1. The van der Waals surface area contributed by atoms with Crippen LogP contribution in [0.4, 0.5) is 5.69 Å². The molecule has 118 valence electrons. The minimum atomic E-state index is -0.184. The molecule has 1 aromatic carbocycles. The standard InChI is InChI=1S/C17H23N3O2/c1-5-20(6-2)11-14-8-7-9-15(10-14)18-17(21)16-12(3)19-22-13(16)4/h7-10H,5-6,11H2,1-4H3,(H,18,21). The van der Waals surface area contributed by atoms with Crippen molar-refractivity contribution in [3.05, 3.63) is 46.8 Å². The van der Waals surface area contributed by atoms with Crippen LogP contribution < -0.4 is 5.32 Å². The van der Waals surface area contributed by atoms with E-state index in [4.69, 9.17) is 4.52 Å². The molecule has 0 unspecified atom stereocenters. The maximum absolute atomic E-state index is 12.3. The quantitative estimate of drug-likeness (QED) is 0.888. The molecule has 2 aromatic rings. The Kier molecular flexibility index (Phi) is 5.33. The lowest BCUT2D eigenvalue weighted by molar-refractivity contribution is 0.102. The molecule has 0 saturated heterocycles. The first-order chi connectivity index (χ1) is 10.5. The van der Waals surface area contributed by atoms with Crippen LogP contribution in [0.1, 0.15) is 41.2 Å². The van der Waals surface area contributed by atoms with Crippen molar-refractivity contribution in [2.24, 2.45) is 0 Å². The summed E-state index contributed by atoms with van der Waals surface area (Å²) < 4.78 is 5.04. The average Bonchev–Trinajstić information content (AvgIpc) is 2.84. The molecular weight excluding hydrogens is 278 g/mol. The van der Waals surface area contributed by atoms with Gasteiger partial charge in [0.25, 0.3) is 5.91 Å². The van der Waals surface area contributed by atoms with Crippen LogP contribution in [0.5, 0.6) is 0 Å².